The maximum absolute atomic E-state index is 14.0. The van der Waals surface area contributed by atoms with E-state index in [1.165, 1.54) is 53.3 Å². The van der Waals surface area contributed by atoms with Gasteiger partial charge in [-0.1, -0.05) is 38.1 Å². The molecule has 0 saturated heterocycles. The Morgan fingerprint density at radius 2 is 1.63 bits per heavy atom. The molecular formula is C34H47N3O5S. The molecule has 234 valence electrons. The molecule has 0 heterocycles. The van der Waals surface area contributed by atoms with Crippen LogP contribution in [0.15, 0.2) is 48.5 Å². The van der Waals surface area contributed by atoms with Crippen LogP contribution >= 0.6 is 0 Å². The number of amides is 2. The Morgan fingerprint density at radius 1 is 1.00 bits per heavy atom. The van der Waals surface area contributed by atoms with Gasteiger partial charge in [-0.2, -0.15) is 0 Å². The number of carbonyl (C=O) groups excluding carboxylic acids is 2. The van der Waals surface area contributed by atoms with Gasteiger partial charge in [-0.3, -0.25) is 13.9 Å². The zero-order valence-electron chi connectivity index (χ0n) is 26.1. The van der Waals surface area contributed by atoms with E-state index in [1.807, 2.05) is 50.2 Å². The fraction of sp³-hybridized carbons (Fsp3) is 0.588. The second-order valence-electron chi connectivity index (χ2n) is 13.1. The molecule has 8 nitrogen and oxygen atoms in total. The highest BCUT2D eigenvalue weighted by molar-refractivity contribution is 7.92. The van der Waals surface area contributed by atoms with Gasteiger partial charge in [-0.25, -0.2) is 8.42 Å². The molecule has 0 unspecified atom stereocenters. The summed E-state index contributed by atoms with van der Waals surface area (Å²) < 4.78 is 32.8. The van der Waals surface area contributed by atoms with Crippen molar-refractivity contribution in [2.75, 3.05) is 30.8 Å². The van der Waals surface area contributed by atoms with Crippen LogP contribution < -0.4 is 14.4 Å². The average molecular weight is 610 g/mol. The third-order valence-electron chi connectivity index (χ3n) is 9.91. The number of benzene rings is 2. The maximum atomic E-state index is 14.0. The number of rotatable bonds is 13. The van der Waals surface area contributed by atoms with Crippen LogP contribution in [-0.4, -0.2) is 57.6 Å². The van der Waals surface area contributed by atoms with Gasteiger partial charge in [-0.15, -0.1) is 0 Å². The van der Waals surface area contributed by atoms with Crippen molar-refractivity contribution >= 4 is 27.5 Å². The normalized spacial score (nSPS) is 24.8. The lowest BCUT2D eigenvalue weighted by molar-refractivity contribution is -0.140. The summed E-state index contributed by atoms with van der Waals surface area (Å²) in [6, 6.07) is 14.5. The van der Waals surface area contributed by atoms with Gasteiger partial charge in [0.1, 0.15) is 18.3 Å². The van der Waals surface area contributed by atoms with Crippen molar-refractivity contribution in [3.63, 3.8) is 0 Å². The summed E-state index contributed by atoms with van der Waals surface area (Å²) in [5, 5.41) is 2.91. The van der Waals surface area contributed by atoms with E-state index in [9.17, 15) is 18.0 Å². The van der Waals surface area contributed by atoms with Gasteiger partial charge in [0, 0.05) is 13.1 Å². The van der Waals surface area contributed by atoms with E-state index < -0.39 is 28.5 Å². The SMILES string of the molecule is CCCNC(=O)[C@H](CC)N(Cc1cccc(OC)c1)C(=O)CN(c1ccc(C23CC4CC(CC(C4)C2)C3)cc1)S(C)(=O)=O. The minimum atomic E-state index is -3.79. The van der Waals surface area contributed by atoms with E-state index in [1.54, 1.807) is 7.11 Å². The standard InChI is InChI=1S/C34H47N3O5S/c1-5-14-35-33(39)31(6-2)36(22-24-8-7-9-30(18-24)42-3)32(38)23-37(43(4,40)41)29-12-10-28(11-13-29)34-19-25-15-26(20-34)17-27(16-25)21-34/h7-13,18,25-27,31H,5-6,14-17,19-23H2,1-4H3,(H,35,39)/t25?,26?,27?,31-,34?/m0/s1. The van der Waals surface area contributed by atoms with E-state index in [0.29, 0.717) is 24.4 Å². The highest BCUT2D eigenvalue weighted by Crippen LogP contribution is 2.60. The zero-order valence-corrected chi connectivity index (χ0v) is 26.9. The fourth-order valence-corrected chi connectivity index (χ4v) is 9.16. The fourth-order valence-electron chi connectivity index (χ4n) is 8.31. The molecule has 2 aromatic carbocycles. The van der Waals surface area contributed by atoms with E-state index in [-0.39, 0.29) is 17.9 Å². The molecule has 0 aromatic heterocycles. The number of carbonyl (C=O) groups is 2. The van der Waals surface area contributed by atoms with Crippen LogP contribution in [0.5, 0.6) is 5.75 Å². The third kappa shape index (κ3) is 6.87. The third-order valence-corrected chi connectivity index (χ3v) is 11.0. The molecule has 2 aromatic rings. The number of nitrogens with zero attached hydrogens (tertiary/aromatic N) is 2. The molecule has 4 bridgehead atoms. The Hall–Kier alpha value is -3.07. The molecule has 1 N–H and O–H groups in total. The highest BCUT2D eigenvalue weighted by Gasteiger charge is 2.51. The van der Waals surface area contributed by atoms with Crippen LogP contribution in [0.4, 0.5) is 5.69 Å². The smallest absolute Gasteiger partial charge is 0.244 e. The predicted octanol–water partition coefficient (Wildman–Crippen LogP) is 5.26. The Morgan fingerprint density at radius 3 is 2.16 bits per heavy atom. The van der Waals surface area contributed by atoms with Gasteiger partial charge in [0.25, 0.3) is 0 Å². The van der Waals surface area contributed by atoms with Crippen molar-refractivity contribution < 1.29 is 22.7 Å². The lowest BCUT2D eigenvalue weighted by atomic mass is 9.48. The number of ether oxygens (including phenoxy) is 1. The molecule has 4 aliphatic rings. The van der Waals surface area contributed by atoms with Crippen LogP contribution in [-0.2, 0) is 31.6 Å². The first-order valence-electron chi connectivity index (χ1n) is 15.8. The summed E-state index contributed by atoms with van der Waals surface area (Å²) in [5.74, 6) is 2.40. The number of hydrogen-bond acceptors (Lipinski definition) is 5. The molecule has 0 spiro atoms. The molecule has 43 heavy (non-hydrogen) atoms. The van der Waals surface area contributed by atoms with Gasteiger partial charge in [0.2, 0.25) is 21.8 Å². The van der Waals surface area contributed by atoms with Crippen molar-refractivity contribution in [3.05, 3.63) is 59.7 Å². The highest BCUT2D eigenvalue weighted by atomic mass is 32.2. The molecule has 6 rings (SSSR count). The number of anilines is 1. The summed E-state index contributed by atoms with van der Waals surface area (Å²) in [6.07, 6.45) is 10.1. The minimum absolute atomic E-state index is 0.149. The van der Waals surface area contributed by atoms with Crippen LogP contribution in [0.1, 0.15) is 76.3 Å². The lowest BCUT2D eigenvalue weighted by Gasteiger charge is -2.57. The first kappa shape index (κ1) is 31.4. The Labute approximate surface area is 257 Å². The van der Waals surface area contributed by atoms with Crippen molar-refractivity contribution in [3.8, 4) is 5.75 Å². The van der Waals surface area contributed by atoms with Gasteiger partial charge < -0.3 is 15.0 Å². The largest absolute Gasteiger partial charge is 0.497 e. The Bertz CT molecular complexity index is 1370. The van der Waals surface area contributed by atoms with Crippen LogP contribution in [0.2, 0.25) is 0 Å². The van der Waals surface area contributed by atoms with E-state index in [4.69, 9.17) is 4.74 Å². The molecule has 4 fully saturated rings. The second-order valence-corrected chi connectivity index (χ2v) is 15.0. The quantitative estimate of drug-likeness (QED) is 0.334. The summed E-state index contributed by atoms with van der Waals surface area (Å²) in [7, 11) is -2.21. The van der Waals surface area contributed by atoms with Gasteiger partial charge in [0.05, 0.1) is 19.1 Å². The first-order chi connectivity index (χ1) is 20.5. The average Bonchev–Trinajstić information content (AvgIpc) is 2.97. The molecule has 0 aliphatic heterocycles. The summed E-state index contributed by atoms with van der Waals surface area (Å²) in [5.41, 5.74) is 2.76. The molecule has 4 saturated carbocycles. The van der Waals surface area contributed by atoms with E-state index >= 15 is 0 Å². The van der Waals surface area contributed by atoms with Crippen molar-refractivity contribution in [1.82, 2.24) is 10.2 Å². The van der Waals surface area contributed by atoms with Gasteiger partial charge in [0.15, 0.2) is 0 Å². The first-order valence-corrected chi connectivity index (χ1v) is 17.7. The number of hydrogen-bond donors (Lipinski definition) is 1. The minimum Gasteiger partial charge on any atom is -0.497 e. The number of methoxy groups -OCH3 is 1. The molecule has 1 atom stereocenters. The monoisotopic (exact) mass is 609 g/mol. The van der Waals surface area contributed by atoms with Crippen LogP contribution in [0.3, 0.4) is 0 Å². The topological polar surface area (TPSA) is 96.0 Å². The number of sulfonamides is 1. The second kappa shape index (κ2) is 12.9. The Balaban J connectivity index is 1.40. The van der Waals surface area contributed by atoms with E-state index in [0.717, 1.165) is 36.0 Å². The molecular weight excluding hydrogens is 562 g/mol. The van der Waals surface area contributed by atoms with E-state index in [2.05, 4.69) is 17.4 Å². The maximum Gasteiger partial charge on any atom is 0.244 e. The summed E-state index contributed by atoms with van der Waals surface area (Å²) in [6.45, 7) is 4.09. The van der Waals surface area contributed by atoms with Crippen LogP contribution in [0, 0.1) is 17.8 Å². The summed E-state index contributed by atoms with van der Waals surface area (Å²) >= 11 is 0. The van der Waals surface area contributed by atoms with Crippen molar-refractivity contribution in [2.45, 2.75) is 83.2 Å². The van der Waals surface area contributed by atoms with Gasteiger partial charge in [-0.05, 0) is 110 Å². The molecule has 0 radical (unpaired) electrons. The van der Waals surface area contributed by atoms with Gasteiger partial charge >= 0.3 is 0 Å². The van der Waals surface area contributed by atoms with Crippen LogP contribution in [0.25, 0.3) is 0 Å². The Kier molecular flexibility index (Phi) is 9.40. The molecule has 4 aliphatic carbocycles. The number of nitrogens with one attached hydrogen (secondary N) is 1. The predicted molar refractivity (Wildman–Crippen MR) is 169 cm³/mol. The van der Waals surface area contributed by atoms with Crippen molar-refractivity contribution in [1.29, 1.82) is 0 Å². The summed E-state index contributed by atoms with van der Waals surface area (Å²) in [4.78, 5) is 28.7. The van der Waals surface area contributed by atoms with Crippen molar-refractivity contribution in [2.24, 2.45) is 17.8 Å². The molecule has 9 heteroatoms. The zero-order chi connectivity index (χ0) is 30.8. The molecule has 2 amide bonds. The lowest BCUT2D eigenvalue weighted by Crippen LogP contribution is -2.52.